The normalized spacial score (nSPS) is 16.5. The summed E-state index contributed by atoms with van der Waals surface area (Å²) in [7, 11) is 0. The molecule has 0 N–H and O–H groups in total. The van der Waals surface area contributed by atoms with Gasteiger partial charge in [-0.15, -0.1) is 13.2 Å². The van der Waals surface area contributed by atoms with Crippen molar-refractivity contribution in [3.05, 3.63) is 211 Å². The van der Waals surface area contributed by atoms with E-state index in [0.717, 1.165) is 83.0 Å². The van der Waals surface area contributed by atoms with Gasteiger partial charge >= 0.3 is 0 Å². The van der Waals surface area contributed by atoms with Gasteiger partial charge in [0.15, 0.2) is 0 Å². The van der Waals surface area contributed by atoms with Gasteiger partial charge in [-0.1, -0.05) is 131 Å². The number of nitrogens with zero attached hydrogens (tertiary/aromatic N) is 3. The largest absolute Gasteiger partial charge is 0.337 e. The van der Waals surface area contributed by atoms with Crippen LogP contribution in [0.1, 0.15) is 85.0 Å². The minimum Gasteiger partial charge on any atom is -0.337 e. The third kappa shape index (κ3) is 9.65. The van der Waals surface area contributed by atoms with Crippen LogP contribution in [0.15, 0.2) is 200 Å². The summed E-state index contributed by atoms with van der Waals surface area (Å²) < 4.78 is 0. The maximum absolute atomic E-state index is 5.18. The summed E-state index contributed by atoms with van der Waals surface area (Å²) in [5.41, 5.74) is 16.9. The van der Waals surface area contributed by atoms with Gasteiger partial charge in [0.05, 0.1) is 17.1 Å². The highest BCUT2D eigenvalue weighted by atomic mass is 15.2. The molecule has 2 aliphatic carbocycles. The molecule has 2 aromatic carbocycles. The second-order valence-corrected chi connectivity index (χ2v) is 13.6. The molecule has 6 rings (SSSR count). The highest BCUT2D eigenvalue weighted by Gasteiger charge is 2.32. The van der Waals surface area contributed by atoms with Crippen molar-refractivity contribution in [1.29, 1.82) is 0 Å². The van der Waals surface area contributed by atoms with Gasteiger partial charge in [-0.2, -0.15) is 0 Å². The molecule has 3 aliphatic rings. The summed E-state index contributed by atoms with van der Waals surface area (Å²) in [5, 5.41) is 0. The lowest BCUT2D eigenvalue weighted by atomic mass is 9.92. The summed E-state index contributed by atoms with van der Waals surface area (Å²) in [5.74, 6) is 0. The van der Waals surface area contributed by atoms with E-state index in [1.165, 1.54) is 33.4 Å². The van der Waals surface area contributed by atoms with E-state index >= 15 is 0 Å². The number of para-hydroxylation sites is 1. The van der Waals surface area contributed by atoms with Gasteiger partial charge in [0.25, 0.3) is 0 Å². The molecule has 0 bridgehead atoms. The Morgan fingerprint density at radius 1 is 0.821 bits per heavy atom. The second-order valence-electron chi connectivity index (χ2n) is 13.6. The SMILES string of the molecule is C=C.C=C/C(C(=C(C)C)N(C=C)c1ccccc1)=C1/CN(c2cccc(-c3cc(C4=CCCC=C4)nc(C4=CCCC=C4)c3)c2)C(=C)/C1=C(\C=C/C)CC.CC. The van der Waals surface area contributed by atoms with Gasteiger partial charge in [-0.05, 0) is 123 Å². The zero-order valence-electron chi connectivity index (χ0n) is 34.7. The van der Waals surface area contributed by atoms with Crippen molar-refractivity contribution in [2.24, 2.45) is 0 Å². The smallest absolute Gasteiger partial charge is 0.0712 e. The van der Waals surface area contributed by atoms with Crippen LogP contribution in [0.25, 0.3) is 22.3 Å². The van der Waals surface area contributed by atoms with Crippen LogP contribution in [0, 0.1) is 0 Å². The average molecular weight is 740 g/mol. The first kappa shape index (κ1) is 42.8. The van der Waals surface area contributed by atoms with Crippen molar-refractivity contribution in [3.8, 4) is 11.1 Å². The minimum atomic E-state index is 0.665. The molecule has 0 atom stereocenters. The van der Waals surface area contributed by atoms with Crippen LogP contribution < -0.4 is 9.80 Å². The van der Waals surface area contributed by atoms with E-state index in [9.17, 15) is 0 Å². The molecule has 3 heteroatoms. The van der Waals surface area contributed by atoms with Crippen LogP contribution >= 0.6 is 0 Å². The summed E-state index contributed by atoms with van der Waals surface area (Å²) in [6.07, 6.45) is 26.9. The molecule has 288 valence electrons. The molecule has 1 fully saturated rings. The molecule has 1 aromatic heterocycles. The van der Waals surface area contributed by atoms with Crippen LogP contribution in [-0.2, 0) is 0 Å². The number of aromatic nitrogens is 1. The molecule has 56 heavy (non-hydrogen) atoms. The maximum atomic E-state index is 5.18. The third-order valence-corrected chi connectivity index (χ3v) is 9.92. The highest BCUT2D eigenvalue weighted by molar-refractivity contribution is 5.83. The molecule has 1 saturated heterocycles. The van der Waals surface area contributed by atoms with Crippen molar-refractivity contribution in [2.75, 3.05) is 16.3 Å². The Hall–Kier alpha value is -5.93. The molecule has 3 aromatic rings. The van der Waals surface area contributed by atoms with Crippen LogP contribution in [0.2, 0.25) is 0 Å². The molecule has 1 aliphatic heterocycles. The number of benzene rings is 2. The number of hydrogen-bond donors (Lipinski definition) is 0. The number of hydrogen-bond acceptors (Lipinski definition) is 3. The molecule has 0 amide bonds. The summed E-state index contributed by atoms with van der Waals surface area (Å²) in [6, 6.07) is 23.8. The van der Waals surface area contributed by atoms with Gasteiger partial charge < -0.3 is 9.80 Å². The fraction of sp³-hybridized carbons (Fsp3) is 0.226. The van der Waals surface area contributed by atoms with Crippen LogP contribution in [0.5, 0.6) is 0 Å². The number of allylic oxidation sites excluding steroid dienone is 14. The molecular weight excluding hydrogens is 679 g/mol. The van der Waals surface area contributed by atoms with E-state index in [0.29, 0.717) is 6.54 Å². The Morgan fingerprint density at radius 3 is 1.95 bits per heavy atom. The van der Waals surface area contributed by atoms with E-state index < -0.39 is 0 Å². The lowest BCUT2D eigenvalue weighted by molar-refractivity contribution is 1.03. The molecular formula is C53H61N3. The van der Waals surface area contributed by atoms with Gasteiger partial charge in [-0.3, -0.25) is 0 Å². The molecule has 0 radical (unpaired) electrons. The van der Waals surface area contributed by atoms with Crippen LogP contribution in [0.3, 0.4) is 0 Å². The van der Waals surface area contributed by atoms with Crippen molar-refractivity contribution in [1.82, 2.24) is 4.98 Å². The Balaban J connectivity index is 0.00000169. The van der Waals surface area contributed by atoms with Crippen molar-refractivity contribution in [3.63, 3.8) is 0 Å². The van der Waals surface area contributed by atoms with Crippen LogP contribution in [-0.4, -0.2) is 11.5 Å². The molecule has 0 saturated carbocycles. The van der Waals surface area contributed by atoms with E-state index in [2.05, 4.69) is 173 Å². The standard InChI is InChI=1S/C49H51N3.C2H6.C2H4/c1-8-22-37(9-2)48-36(7)52(34-45(48)44(10-3)49(35(5)6)51(11-4)42-28-19-14-20-29-42)43-30-21-27-40(31-43)41-32-46(38-23-15-12-16-24-38)50-47(33-41)39-25-17-13-18-26-39;2*1-2/h8,10-11,14-15,17,19-33H,3-4,7,9,12-13,16,18,34H2,1-2,5-6H3;1-2H3;1-2H2/b22-8-,45-44+,48-37+;;. The minimum absolute atomic E-state index is 0.665. The predicted molar refractivity (Wildman–Crippen MR) is 248 cm³/mol. The predicted octanol–water partition coefficient (Wildman–Crippen LogP) is 15.1. The Kier molecular flexibility index (Phi) is 16.2. The first-order chi connectivity index (χ1) is 27.4. The molecule has 0 spiro atoms. The fourth-order valence-corrected chi connectivity index (χ4v) is 7.44. The zero-order valence-corrected chi connectivity index (χ0v) is 34.7. The zero-order chi connectivity index (χ0) is 40.6. The molecule has 3 nitrogen and oxygen atoms in total. The lowest BCUT2D eigenvalue weighted by Crippen LogP contribution is -2.20. The first-order valence-electron chi connectivity index (χ1n) is 20.1. The number of pyridine rings is 1. The Morgan fingerprint density at radius 2 is 1.45 bits per heavy atom. The highest BCUT2D eigenvalue weighted by Crippen LogP contribution is 2.43. The Bertz CT molecular complexity index is 2090. The monoisotopic (exact) mass is 739 g/mol. The second kappa shape index (κ2) is 21.2. The molecule has 2 heterocycles. The lowest BCUT2D eigenvalue weighted by Gasteiger charge is -2.27. The first-order valence-corrected chi connectivity index (χ1v) is 20.1. The van der Waals surface area contributed by atoms with E-state index in [4.69, 9.17) is 11.6 Å². The Labute approximate surface area is 338 Å². The van der Waals surface area contributed by atoms with Gasteiger partial charge in [0.2, 0.25) is 0 Å². The summed E-state index contributed by atoms with van der Waals surface area (Å²) >= 11 is 0. The van der Waals surface area contributed by atoms with Gasteiger partial charge in [0.1, 0.15) is 0 Å². The average Bonchev–Trinajstić information content (AvgIpc) is 3.60. The third-order valence-electron chi connectivity index (χ3n) is 9.92. The van der Waals surface area contributed by atoms with Crippen molar-refractivity contribution in [2.45, 2.75) is 73.6 Å². The number of rotatable bonds is 11. The topological polar surface area (TPSA) is 19.4 Å². The van der Waals surface area contributed by atoms with Crippen LogP contribution in [0.4, 0.5) is 11.4 Å². The fourth-order valence-electron chi connectivity index (χ4n) is 7.44. The van der Waals surface area contributed by atoms with Crippen molar-refractivity contribution < 1.29 is 0 Å². The van der Waals surface area contributed by atoms with Gasteiger partial charge in [-0.25, -0.2) is 4.98 Å². The quantitative estimate of drug-likeness (QED) is 0.183. The van der Waals surface area contributed by atoms with Crippen molar-refractivity contribution >= 4 is 22.5 Å². The van der Waals surface area contributed by atoms with E-state index in [-0.39, 0.29) is 0 Å². The summed E-state index contributed by atoms with van der Waals surface area (Å²) in [6.45, 7) is 32.7. The number of anilines is 2. The summed E-state index contributed by atoms with van der Waals surface area (Å²) in [4.78, 5) is 9.72. The van der Waals surface area contributed by atoms with E-state index in [1.807, 2.05) is 32.2 Å². The van der Waals surface area contributed by atoms with Gasteiger partial charge in [0, 0.05) is 41.0 Å². The molecule has 0 unspecified atom stereocenters. The van der Waals surface area contributed by atoms with E-state index in [1.54, 1.807) is 0 Å². The maximum Gasteiger partial charge on any atom is 0.0712 e.